The molecule has 1 saturated heterocycles. The Balaban J connectivity index is 1.56. The molecule has 28 heavy (non-hydrogen) atoms. The van der Waals surface area contributed by atoms with Gasteiger partial charge in [-0.05, 0) is 43.6 Å². The summed E-state index contributed by atoms with van der Waals surface area (Å²) < 4.78 is 1.96. The SMILES string of the molecule is CC1CCCN(C(=O)c2nc(C(=O)NCc3ccccc3)n3c2CCCC3)C1. The number of likely N-dealkylation sites (tertiary alicyclic amines) is 1. The first kappa shape index (κ1) is 18.7. The second kappa shape index (κ2) is 8.17. The zero-order valence-corrected chi connectivity index (χ0v) is 16.5. The maximum absolute atomic E-state index is 13.2. The van der Waals surface area contributed by atoms with Gasteiger partial charge in [0.15, 0.2) is 5.82 Å². The fraction of sp³-hybridized carbons (Fsp3) is 0.500. The standard InChI is InChI=1S/C22H28N4O2/c1-16-8-7-12-25(15-16)22(28)19-18-11-5-6-13-26(18)20(24-19)21(27)23-14-17-9-3-2-4-10-17/h2-4,9-10,16H,5-8,11-15H2,1H3,(H,23,27). The fourth-order valence-electron chi connectivity index (χ4n) is 4.27. The first-order chi connectivity index (χ1) is 13.6. The number of piperidine rings is 1. The van der Waals surface area contributed by atoms with E-state index in [1.54, 1.807) is 0 Å². The number of fused-ring (bicyclic) bond motifs is 1. The molecule has 0 radical (unpaired) electrons. The summed E-state index contributed by atoms with van der Waals surface area (Å²) in [6.07, 6.45) is 5.05. The van der Waals surface area contributed by atoms with Crippen molar-refractivity contribution in [3.05, 3.63) is 53.1 Å². The predicted octanol–water partition coefficient (Wildman–Crippen LogP) is 3.02. The van der Waals surface area contributed by atoms with Crippen molar-refractivity contribution in [3.63, 3.8) is 0 Å². The molecule has 2 aliphatic heterocycles. The van der Waals surface area contributed by atoms with Crippen molar-refractivity contribution in [1.29, 1.82) is 0 Å². The first-order valence-electron chi connectivity index (χ1n) is 10.3. The van der Waals surface area contributed by atoms with Gasteiger partial charge in [0.05, 0.1) is 5.69 Å². The molecule has 2 aliphatic rings. The summed E-state index contributed by atoms with van der Waals surface area (Å²) in [7, 11) is 0. The van der Waals surface area contributed by atoms with Crippen molar-refractivity contribution in [2.24, 2.45) is 5.92 Å². The normalized spacial score (nSPS) is 19.2. The minimum absolute atomic E-state index is 0.0145. The van der Waals surface area contributed by atoms with E-state index in [-0.39, 0.29) is 11.8 Å². The zero-order valence-electron chi connectivity index (χ0n) is 16.5. The highest BCUT2D eigenvalue weighted by Crippen LogP contribution is 2.24. The molecule has 0 spiro atoms. The van der Waals surface area contributed by atoms with Crippen molar-refractivity contribution in [2.45, 2.75) is 52.1 Å². The Morgan fingerprint density at radius 1 is 1.14 bits per heavy atom. The second-order valence-corrected chi connectivity index (χ2v) is 8.01. The monoisotopic (exact) mass is 380 g/mol. The van der Waals surface area contributed by atoms with Gasteiger partial charge in [0.25, 0.3) is 11.8 Å². The number of nitrogens with zero attached hydrogens (tertiary/aromatic N) is 3. The third-order valence-corrected chi connectivity index (χ3v) is 5.76. The van der Waals surface area contributed by atoms with Crippen LogP contribution in [0.5, 0.6) is 0 Å². The Bertz CT molecular complexity index is 859. The maximum atomic E-state index is 13.2. The molecule has 0 saturated carbocycles. The molecule has 3 heterocycles. The molecule has 0 aliphatic carbocycles. The number of hydrogen-bond acceptors (Lipinski definition) is 3. The Labute approximate surface area is 165 Å². The summed E-state index contributed by atoms with van der Waals surface area (Å²) in [5, 5.41) is 2.96. The number of hydrogen-bond donors (Lipinski definition) is 1. The molecule has 1 N–H and O–H groups in total. The summed E-state index contributed by atoms with van der Waals surface area (Å²) >= 11 is 0. The molecule has 0 bridgehead atoms. The van der Waals surface area contributed by atoms with E-state index in [0.717, 1.165) is 63.0 Å². The molecule has 4 rings (SSSR count). The van der Waals surface area contributed by atoms with E-state index in [9.17, 15) is 9.59 Å². The van der Waals surface area contributed by atoms with E-state index in [2.05, 4.69) is 17.2 Å². The van der Waals surface area contributed by atoms with Gasteiger partial charge in [-0.2, -0.15) is 0 Å². The van der Waals surface area contributed by atoms with Crippen LogP contribution in [0.4, 0.5) is 0 Å². The lowest BCUT2D eigenvalue weighted by Crippen LogP contribution is -2.39. The number of aromatic nitrogens is 2. The van der Waals surface area contributed by atoms with Gasteiger partial charge in [-0.3, -0.25) is 9.59 Å². The van der Waals surface area contributed by atoms with Crippen molar-refractivity contribution in [1.82, 2.24) is 19.8 Å². The minimum Gasteiger partial charge on any atom is -0.345 e. The van der Waals surface area contributed by atoms with Gasteiger partial charge in [-0.1, -0.05) is 37.3 Å². The van der Waals surface area contributed by atoms with Crippen molar-refractivity contribution in [2.75, 3.05) is 13.1 Å². The van der Waals surface area contributed by atoms with E-state index in [1.807, 2.05) is 39.8 Å². The van der Waals surface area contributed by atoms with Crippen molar-refractivity contribution < 1.29 is 9.59 Å². The van der Waals surface area contributed by atoms with Gasteiger partial charge in [0, 0.05) is 26.2 Å². The van der Waals surface area contributed by atoms with Gasteiger partial charge < -0.3 is 14.8 Å². The average molecular weight is 380 g/mol. The van der Waals surface area contributed by atoms with Gasteiger partial charge in [0.2, 0.25) is 0 Å². The molecule has 6 heteroatoms. The lowest BCUT2D eigenvalue weighted by molar-refractivity contribution is 0.0676. The number of nitrogens with one attached hydrogen (secondary N) is 1. The van der Waals surface area contributed by atoms with E-state index in [0.29, 0.717) is 24.0 Å². The number of amides is 2. The molecular weight excluding hydrogens is 352 g/mol. The summed E-state index contributed by atoms with van der Waals surface area (Å²) in [5.41, 5.74) is 2.46. The highest BCUT2D eigenvalue weighted by molar-refractivity contribution is 5.97. The van der Waals surface area contributed by atoms with Crippen LogP contribution in [0.15, 0.2) is 30.3 Å². The quantitative estimate of drug-likeness (QED) is 0.887. The average Bonchev–Trinajstić information content (AvgIpc) is 3.12. The minimum atomic E-state index is -0.210. The van der Waals surface area contributed by atoms with E-state index >= 15 is 0 Å². The zero-order chi connectivity index (χ0) is 19.5. The Hall–Kier alpha value is -2.63. The number of benzene rings is 1. The molecule has 2 amide bonds. The van der Waals surface area contributed by atoms with Crippen LogP contribution >= 0.6 is 0 Å². The van der Waals surface area contributed by atoms with E-state index < -0.39 is 0 Å². The largest absolute Gasteiger partial charge is 0.345 e. The first-order valence-corrected chi connectivity index (χ1v) is 10.3. The molecule has 1 aromatic heterocycles. The second-order valence-electron chi connectivity index (χ2n) is 8.01. The number of carbonyl (C=O) groups is 2. The Kier molecular flexibility index (Phi) is 5.46. The third-order valence-electron chi connectivity index (χ3n) is 5.76. The Morgan fingerprint density at radius 3 is 2.75 bits per heavy atom. The van der Waals surface area contributed by atoms with E-state index in [4.69, 9.17) is 0 Å². The molecule has 1 unspecified atom stereocenters. The summed E-state index contributed by atoms with van der Waals surface area (Å²) in [5.74, 6) is 0.668. The third kappa shape index (κ3) is 3.81. The summed E-state index contributed by atoms with van der Waals surface area (Å²) in [6.45, 7) is 4.95. The smallest absolute Gasteiger partial charge is 0.287 e. The van der Waals surface area contributed by atoms with Crippen LogP contribution in [0.2, 0.25) is 0 Å². The van der Waals surface area contributed by atoms with Crippen LogP contribution in [0.3, 0.4) is 0 Å². The van der Waals surface area contributed by atoms with Gasteiger partial charge in [0.1, 0.15) is 5.69 Å². The van der Waals surface area contributed by atoms with Crippen molar-refractivity contribution in [3.8, 4) is 0 Å². The molecular formula is C22H28N4O2. The van der Waals surface area contributed by atoms with Gasteiger partial charge in [-0.25, -0.2) is 4.98 Å². The van der Waals surface area contributed by atoms with Crippen molar-refractivity contribution >= 4 is 11.8 Å². The molecule has 148 valence electrons. The highest BCUT2D eigenvalue weighted by atomic mass is 16.2. The fourth-order valence-corrected chi connectivity index (χ4v) is 4.27. The van der Waals surface area contributed by atoms with Crippen LogP contribution < -0.4 is 5.32 Å². The summed E-state index contributed by atoms with van der Waals surface area (Å²) in [4.78, 5) is 32.5. The van der Waals surface area contributed by atoms with Crippen LogP contribution in [-0.4, -0.2) is 39.4 Å². The topological polar surface area (TPSA) is 67.2 Å². The van der Waals surface area contributed by atoms with Crippen LogP contribution in [0.25, 0.3) is 0 Å². The molecule has 2 aromatic rings. The van der Waals surface area contributed by atoms with Crippen LogP contribution in [-0.2, 0) is 19.5 Å². The number of imidazole rings is 1. The molecule has 1 fully saturated rings. The van der Waals surface area contributed by atoms with Crippen LogP contribution in [0, 0.1) is 5.92 Å². The lowest BCUT2D eigenvalue weighted by Gasteiger charge is -2.30. The highest BCUT2D eigenvalue weighted by Gasteiger charge is 2.31. The summed E-state index contributed by atoms with van der Waals surface area (Å²) in [6, 6.07) is 9.82. The van der Waals surface area contributed by atoms with Gasteiger partial charge in [-0.15, -0.1) is 0 Å². The Morgan fingerprint density at radius 2 is 1.96 bits per heavy atom. The van der Waals surface area contributed by atoms with Crippen LogP contribution in [0.1, 0.15) is 65.0 Å². The van der Waals surface area contributed by atoms with Gasteiger partial charge >= 0.3 is 0 Å². The maximum Gasteiger partial charge on any atom is 0.287 e. The molecule has 1 aromatic carbocycles. The lowest BCUT2D eigenvalue weighted by atomic mass is 9.99. The number of carbonyl (C=O) groups excluding carboxylic acids is 2. The number of rotatable bonds is 4. The predicted molar refractivity (Wildman–Crippen MR) is 107 cm³/mol. The van der Waals surface area contributed by atoms with E-state index in [1.165, 1.54) is 0 Å². The molecule has 1 atom stereocenters. The molecule has 6 nitrogen and oxygen atoms in total.